The monoisotopic (exact) mass is 233 g/mol. The van der Waals surface area contributed by atoms with Crippen molar-refractivity contribution in [1.29, 1.82) is 0 Å². The van der Waals surface area contributed by atoms with Gasteiger partial charge in [0.2, 0.25) is 0 Å². The first-order valence-corrected chi connectivity index (χ1v) is 3.84. The van der Waals surface area contributed by atoms with E-state index in [2.05, 4.69) is 15.9 Å². The fourth-order valence-electron chi connectivity index (χ4n) is 0.771. The summed E-state index contributed by atoms with van der Waals surface area (Å²) in [5.41, 5.74) is 1.15. The highest BCUT2D eigenvalue weighted by atomic mass is 79.9. The maximum Gasteiger partial charge on any atom is 0.278 e. The van der Waals surface area contributed by atoms with Crippen LogP contribution in [0.1, 0.15) is 10.4 Å². The lowest BCUT2D eigenvalue weighted by Gasteiger charge is -2.02. The van der Waals surface area contributed by atoms with Gasteiger partial charge in [0.15, 0.2) is 0 Å². The molecule has 1 rings (SSSR count). The number of hydroxylamine groups is 1. The SMILES string of the molecule is O=C(NO)c1c(F)cccc1Br. The molecule has 0 aliphatic rings. The third-order valence-electron chi connectivity index (χ3n) is 1.29. The molecule has 0 bridgehead atoms. The maximum absolute atomic E-state index is 12.9. The number of rotatable bonds is 1. The quantitative estimate of drug-likeness (QED) is 0.574. The summed E-state index contributed by atoms with van der Waals surface area (Å²) < 4.78 is 13.2. The van der Waals surface area contributed by atoms with Gasteiger partial charge in [-0.1, -0.05) is 6.07 Å². The van der Waals surface area contributed by atoms with Crippen LogP contribution in [-0.2, 0) is 0 Å². The van der Waals surface area contributed by atoms with Crippen molar-refractivity contribution in [3.05, 3.63) is 34.1 Å². The van der Waals surface area contributed by atoms with Crippen molar-refractivity contribution in [1.82, 2.24) is 5.48 Å². The van der Waals surface area contributed by atoms with Crippen LogP contribution >= 0.6 is 15.9 Å². The summed E-state index contributed by atoms with van der Waals surface area (Å²) in [7, 11) is 0. The summed E-state index contributed by atoms with van der Waals surface area (Å²) in [5, 5.41) is 8.25. The molecule has 1 aromatic rings. The van der Waals surface area contributed by atoms with Crippen LogP contribution in [0.15, 0.2) is 22.7 Å². The van der Waals surface area contributed by atoms with Crippen molar-refractivity contribution in [2.24, 2.45) is 0 Å². The largest absolute Gasteiger partial charge is 0.288 e. The van der Waals surface area contributed by atoms with Crippen molar-refractivity contribution in [3.8, 4) is 0 Å². The Labute approximate surface area is 76.3 Å². The zero-order valence-electron chi connectivity index (χ0n) is 5.84. The molecule has 0 aliphatic heterocycles. The van der Waals surface area contributed by atoms with Gasteiger partial charge in [-0.15, -0.1) is 0 Å². The van der Waals surface area contributed by atoms with E-state index in [1.165, 1.54) is 17.6 Å². The van der Waals surface area contributed by atoms with Crippen LogP contribution in [0.4, 0.5) is 4.39 Å². The van der Waals surface area contributed by atoms with Crippen molar-refractivity contribution < 1.29 is 14.4 Å². The Hall–Kier alpha value is -0.940. The second kappa shape index (κ2) is 3.64. The number of benzene rings is 1. The summed E-state index contributed by atoms with van der Waals surface area (Å²) in [6, 6.07) is 4.09. The molecule has 0 fully saturated rings. The van der Waals surface area contributed by atoms with Crippen molar-refractivity contribution in [2.75, 3.05) is 0 Å². The van der Waals surface area contributed by atoms with Gasteiger partial charge >= 0.3 is 0 Å². The number of halogens is 2. The highest BCUT2D eigenvalue weighted by Gasteiger charge is 2.13. The predicted molar refractivity (Wildman–Crippen MR) is 43.4 cm³/mol. The number of amides is 1. The smallest absolute Gasteiger partial charge is 0.278 e. The molecule has 0 saturated heterocycles. The average Bonchev–Trinajstić information content (AvgIpc) is 2.03. The molecule has 1 amide bonds. The molecule has 12 heavy (non-hydrogen) atoms. The first-order chi connectivity index (χ1) is 5.66. The third-order valence-corrected chi connectivity index (χ3v) is 1.95. The lowest BCUT2D eigenvalue weighted by atomic mass is 10.2. The van der Waals surface area contributed by atoms with Gasteiger partial charge in [-0.05, 0) is 28.1 Å². The third kappa shape index (κ3) is 1.62. The van der Waals surface area contributed by atoms with E-state index in [0.717, 1.165) is 6.07 Å². The molecule has 0 aromatic heterocycles. The molecule has 1 aromatic carbocycles. The highest BCUT2D eigenvalue weighted by Crippen LogP contribution is 2.18. The van der Waals surface area contributed by atoms with Crippen LogP contribution in [0.2, 0.25) is 0 Å². The van der Waals surface area contributed by atoms with E-state index >= 15 is 0 Å². The minimum atomic E-state index is -0.875. The number of nitrogens with one attached hydrogen (secondary N) is 1. The maximum atomic E-state index is 12.9. The van der Waals surface area contributed by atoms with Crippen LogP contribution in [0.5, 0.6) is 0 Å². The molecule has 0 aliphatic carbocycles. The summed E-state index contributed by atoms with van der Waals surface area (Å²) >= 11 is 2.98. The Balaban J connectivity index is 3.21. The lowest BCUT2D eigenvalue weighted by molar-refractivity contribution is 0.0701. The molecule has 0 saturated carbocycles. The molecule has 64 valence electrons. The fraction of sp³-hybridized carbons (Fsp3) is 0. The Morgan fingerprint density at radius 2 is 2.25 bits per heavy atom. The Morgan fingerprint density at radius 3 is 2.75 bits per heavy atom. The normalized spacial score (nSPS) is 9.58. The van der Waals surface area contributed by atoms with Gasteiger partial charge < -0.3 is 0 Å². The summed E-state index contributed by atoms with van der Waals surface area (Å²) in [6.45, 7) is 0. The van der Waals surface area contributed by atoms with E-state index in [4.69, 9.17) is 5.21 Å². The first-order valence-electron chi connectivity index (χ1n) is 3.05. The van der Waals surface area contributed by atoms with Crippen molar-refractivity contribution in [2.45, 2.75) is 0 Å². The van der Waals surface area contributed by atoms with Gasteiger partial charge in [-0.3, -0.25) is 10.0 Å². The molecule has 0 spiro atoms. The molecule has 0 unspecified atom stereocenters. The van der Waals surface area contributed by atoms with Gasteiger partial charge in [0, 0.05) is 4.47 Å². The first kappa shape index (κ1) is 9.15. The molecule has 5 heteroatoms. The van der Waals surface area contributed by atoms with Gasteiger partial charge in [0.05, 0.1) is 5.56 Å². The van der Waals surface area contributed by atoms with E-state index in [1.807, 2.05) is 0 Å². The topological polar surface area (TPSA) is 49.3 Å². The zero-order chi connectivity index (χ0) is 9.14. The lowest BCUT2D eigenvalue weighted by Crippen LogP contribution is -2.20. The number of carbonyl (C=O) groups excluding carboxylic acids is 1. The standard InChI is InChI=1S/C7H5BrFNO2/c8-4-2-1-3-5(9)6(4)7(11)10-12/h1-3,12H,(H,10,11). The molecular weight excluding hydrogens is 229 g/mol. The van der Waals surface area contributed by atoms with E-state index in [-0.39, 0.29) is 5.56 Å². The Kier molecular flexibility index (Phi) is 2.78. The van der Waals surface area contributed by atoms with Crippen LogP contribution in [0.25, 0.3) is 0 Å². The summed E-state index contributed by atoms with van der Waals surface area (Å²) in [4.78, 5) is 10.8. The summed E-state index contributed by atoms with van der Waals surface area (Å²) in [6.07, 6.45) is 0. The minimum Gasteiger partial charge on any atom is -0.288 e. The van der Waals surface area contributed by atoms with E-state index in [0.29, 0.717) is 4.47 Å². The van der Waals surface area contributed by atoms with Crippen LogP contribution < -0.4 is 5.48 Å². The van der Waals surface area contributed by atoms with Gasteiger partial charge in [-0.25, -0.2) is 9.87 Å². The van der Waals surface area contributed by atoms with Crippen LogP contribution in [0, 0.1) is 5.82 Å². The molecule has 3 nitrogen and oxygen atoms in total. The van der Waals surface area contributed by atoms with Crippen LogP contribution in [0.3, 0.4) is 0 Å². The van der Waals surface area contributed by atoms with Gasteiger partial charge in [0.25, 0.3) is 5.91 Å². The number of hydrogen-bond donors (Lipinski definition) is 2. The second-order valence-electron chi connectivity index (χ2n) is 2.04. The van der Waals surface area contributed by atoms with Crippen LogP contribution in [-0.4, -0.2) is 11.1 Å². The Bertz CT molecular complexity index is 296. The second-order valence-corrected chi connectivity index (χ2v) is 2.89. The molecular formula is C7H5BrFNO2. The van der Waals surface area contributed by atoms with Crippen molar-refractivity contribution >= 4 is 21.8 Å². The zero-order valence-corrected chi connectivity index (χ0v) is 7.43. The molecule has 0 atom stereocenters. The van der Waals surface area contributed by atoms with Crippen molar-refractivity contribution in [3.63, 3.8) is 0 Å². The minimum absolute atomic E-state index is 0.208. The van der Waals surface area contributed by atoms with E-state index in [9.17, 15) is 9.18 Å². The van der Waals surface area contributed by atoms with Gasteiger partial charge in [0.1, 0.15) is 5.82 Å². The average molecular weight is 234 g/mol. The predicted octanol–water partition coefficient (Wildman–Crippen LogP) is 1.71. The molecule has 0 heterocycles. The number of hydrogen-bond acceptors (Lipinski definition) is 2. The fourth-order valence-corrected chi connectivity index (χ4v) is 1.29. The highest BCUT2D eigenvalue weighted by molar-refractivity contribution is 9.10. The molecule has 2 N–H and O–H groups in total. The van der Waals surface area contributed by atoms with E-state index in [1.54, 1.807) is 0 Å². The molecule has 0 radical (unpaired) electrons. The Morgan fingerprint density at radius 1 is 1.58 bits per heavy atom. The number of carbonyl (C=O) groups is 1. The van der Waals surface area contributed by atoms with Gasteiger partial charge in [-0.2, -0.15) is 0 Å². The summed E-state index contributed by atoms with van der Waals surface area (Å²) in [5.74, 6) is -1.56. The van der Waals surface area contributed by atoms with E-state index < -0.39 is 11.7 Å².